The van der Waals surface area contributed by atoms with Gasteiger partial charge in [0.1, 0.15) is 0 Å². The molecule has 37 heavy (non-hydrogen) atoms. The Kier molecular flexibility index (Phi) is 5.87. The van der Waals surface area contributed by atoms with E-state index in [2.05, 4.69) is 38.7 Å². The first kappa shape index (κ1) is 25.5. The second-order valence-electron chi connectivity index (χ2n) is 15.0. The Labute approximate surface area is 224 Å². The largest absolute Gasteiger partial charge is 0.394 e. The van der Waals surface area contributed by atoms with Crippen molar-refractivity contribution in [3.63, 3.8) is 0 Å². The molecule has 208 valence electrons. The van der Waals surface area contributed by atoms with Crippen LogP contribution < -0.4 is 0 Å². The minimum Gasteiger partial charge on any atom is -0.394 e. The molecule has 2 saturated heterocycles. The molecular weight excluding hydrogens is 462 g/mol. The van der Waals surface area contributed by atoms with Gasteiger partial charge in [-0.3, -0.25) is 4.90 Å². The number of fused-ring (bicyclic) bond motifs is 6. The van der Waals surface area contributed by atoms with E-state index in [-0.39, 0.29) is 18.3 Å². The molecule has 6 fully saturated rings. The van der Waals surface area contributed by atoms with Crippen LogP contribution in [0.2, 0.25) is 0 Å². The van der Waals surface area contributed by atoms with Gasteiger partial charge in [0.05, 0.1) is 37.6 Å². The van der Waals surface area contributed by atoms with Crippen molar-refractivity contribution in [1.29, 1.82) is 0 Å². The maximum absolute atomic E-state index is 10.4. The fourth-order valence-electron chi connectivity index (χ4n) is 12.1. The number of aliphatic hydroxyl groups is 2. The molecule has 2 spiro atoms. The summed E-state index contributed by atoms with van der Waals surface area (Å²) in [6.07, 6.45) is 13.6. The highest BCUT2D eigenvalue weighted by Gasteiger charge is 2.84. The van der Waals surface area contributed by atoms with E-state index < -0.39 is 0 Å². The van der Waals surface area contributed by atoms with Gasteiger partial charge < -0.3 is 19.7 Å². The molecule has 0 aromatic rings. The fraction of sp³-hybridized carbons (Fsp3) is 0.938. The van der Waals surface area contributed by atoms with Crippen LogP contribution in [-0.4, -0.2) is 71.9 Å². The molecule has 4 saturated carbocycles. The fourth-order valence-corrected chi connectivity index (χ4v) is 12.1. The number of piperidine rings is 1. The Morgan fingerprint density at radius 1 is 1.11 bits per heavy atom. The van der Waals surface area contributed by atoms with Gasteiger partial charge in [0.15, 0.2) is 0 Å². The van der Waals surface area contributed by atoms with Gasteiger partial charge in [0.25, 0.3) is 0 Å². The predicted octanol–water partition coefficient (Wildman–Crippen LogP) is 4.80. The van der Waals surface area contributed by atoms with E-state index in [0.29, 0.717) is 53.4 Å². The molecule has 7 aliphatic rings. The maximum atomic E-state index is 10.4. The van der Waals surface area contributed by atoms with Crippen LogP contribution in [-0.2, 0) is 9.47 Å². The van der Waals surface area contributed by atoms with E-state index in [4.69, 9.17) is 14.6 Å². The van der Waals surface area contributed by atoms with E-state index >= 15 is 0 Å². The standard InChI is InChI=1S/C32H51NO4/c1-20-15-27-28(33(18-20)11-13-36-14-12-34)21(2)32(37-27)10-8-25-24-6-5-22-16-23(35)7-9-29(22,3)26(24)17-31(25)19-30(31,32)4/h16,20-21,23-28,34-35H,5-15,17-19H2,1-4H3/t20-,21+,23-,24-,25-,26-,27+,28-,29-,30?,31?,32+/m0/s1. The molecule has 2 heterocycles. The molecule has 12 atom stereocenters. The average molecular weight is 514 g/mol. The molecule has 2 N–H and O–H groups in total. The van der Waals surface area contributed by atoms with Crippen molar-refractivity contribution in [2.75, 3.05) is 32.9 Å². The van der Waals surface area contributed by atoms with Crippen LogP contribution in [0.15, 0.2) is 11.6 Å². The summed E-state index contributed by atoms with van der Waals surface area (Å²) in [7, 11) is 0. The van der Waals surface area contributed by atoms with Gasteiger partial charge in [-0.05, 0) is 92.3 Å². The van der Waals surface area contributed by atoms with E-state index in [9.17, 15) is 5.11 Å². The molecule has 0 aromatic heterocycles. The van der Waals surface area contributed by atoms with Crippen LogP contribution in [0.3, 0.4) is 0 Å². The summed E-state index contributed by atoms with van der Waals surface area (Å²) in [5.41, 5.74) is 2.68. The molecular formula is C32H51NO4. The lowest BCUT2D eigenvalue weighted by atomic mass is 9.56. The average Bonchev–Trinajstić information content (AvgIpc) is 3.20. The van der Waals surface area contributed by atoms with Crippen molar-refractivity contribution < 1.29 is 19.7 Å². The second-order valence-corrected chi connectivity index (χ2v) is 15.0. The second kappa shape index (κ2) is 8.52. The van der Waals surface area contributed by atoms with Crippen LogP contribution in [0.4, 0.5) is 0 Å². The van der Waals surface area contributed by atoms with Crippen molar-refractivity contribution in [1.82, 2.24) is 4.90 Å². The first-order valence-corrected chi connectivity index (χ1v) is 15.7. The van der Waals surface area contributed by atoms with E-state index in [0.717, 1.165) is 37.3 Å². The third-order valence-corrected chi connectivity index (χ3v) is 13.7. The van der Waals surface area contributed by atoms with Crippen LogP contribution in [0.1, 0.15) is 85.5 Å². The molecule has 7 rings (SSSR count). The number of rotatable bonds is 5. The molecule has 2 unspecified atom stereocenters. The molecule has 5 heteroatoms. The summed E-state index contributed by atoms with van der Waals surface area (Å²) < 4.78 is 13.1. The molecule has 2 aliphatic heterocycles. The minimum atomic E-state index is -0.216. The van der Waals surface area contributed by atoms with E-state index in [1.54, 1.807) is 5.57 Å². The zero-order valence-corrected chi connectivity index (χ0v) is 23.8. The SMILES string of the molecule is C[C@H]1C[C@H]2O[C@]3(CC[C@H]4[C@@H]5CCC6=C[C@@H](O)CC[C@]6(C)[C@H]5CC45CC53C)[C@H](C)[C@@H]2N(CCOCCO)C1. The number of likely N-dealkylation sites (tertiary alicyclic amines) is 1. The summed E-state index contributed by atoms with van der Waals surface area (Å²) in [6, 6.07) is 0.496. The highest BCUT2D eigenvalue weighted by atomic mass is 16.5. The molecule has 5 aliphatic carbocycles. The topological polar surface area (TPSA) is 62.2 Å². The lowest BCUT2D eigenvalue weighted by Gasteiger charge is -2.50. The summed E-state index contributed by atoms with van der Waals surface area (Å²) in [5, 5.41) is 19.5. The number of allylic oxidation sites excluding steroid dienone is 1. The van der Waals surface area contributed by atoms with Crippen LogP contribution >= 0.6 is 0 Å². The molecule has 0 radical (unpaired) electrons. The van der Waals surface area contributed by atoms with Gasteiger partial charge in [-0.1, -0.05) is 39.3 Å². The summed E-state index contributed by atoms with van der Waals surface area (Å²) in [5.74, 6) is 3.74. The number of hydrogen-bond acceptors (Lipinski definition) is 5. The van der Waals surface area contributed by atoms with Gasteiger partial charge >= 0.3 is 0 Å². The smallest absolute Gasteiger partial charge is 0.0787 e. The van der Waals surface area contributed by atoms with Gasteiger partial charge in [0, 0.05) is 30.5 Å². The molecule has 0 aromatic carbocycles. The van der Waals surface area contributed by atoms with Crippen LogP contribution in [0.25, 0.3) is 0 Å². The lowest BCUT2D eigenvalue weighted by molar-refractivity contribution is -0.148. The quantitative estimate of drug-likeness (QED) is 0.408. The van der Waals surface area contributed by atoms with Crippen molar-refractivity contribution in [3.05, 3.63) is 11.6 Å². The van der Waals surface area contributed by atoms with Crippen LogP contribution in [0, 0.1) is 45.8 Å². The first-order chi connectivity index (χ1) is 17.7. The third kappa shape index (κ3) is 3.27. The normalized spacial score (nSPS) is 56.2. The number of hydrogen-bond donors (Lipinski definition) is 2. The van der Waals surface area contributed by atoms with Gasteiger partial charge in [-0.25, -0.2) is 0 Å². The van der Waals surface area contributed by atoms with Crippen molar-refractivity contribution in [3.8, 4) is 0 Å². The molecule has 0 bridgehead atoms. The summed E-state index contributed by atoms with van der Waals surface area (Å²) in [6.45, 7) is 13.5. The summed E-state index contributed by atoms with van der Waals surface area (Å²) >= 11 is 0. The zero-order chi connectivity index (χ0) is 25.8. The molecule has 0 amide bonds. The van der Waals surface area contributed by atoms with E-state index in [1.807, 2.05) is 0 Å². The highest BCUT2D eigenvalue weighted by Crippen LogP contribution is 2.87. The number of nitrogens with zero attached hydrogens (tertiary/aromatic N) is 1. The van der Waals surface area contributed by atoms with Crippen molar-refractivity contribution in [2.45, 2.75) is 109 Å². The number of aliphatic hydroxyl groups excluding tert-OH is 2. The Balaban J connectivity index is 1.16. The van der Waals surface area contributed by atoms with Crippen molar-refractivity contribution in [2.24, 2.45) is 45.8 Å². The highest BCUT2D eigenvalue weighted by molar-refractivity contribution is 5.35. The summed E-state index contributed by atoms with van der Waals surface area (Å²) in [4.78, 5) is 2.69. The predicted molar refractivity (Wildman–Crippen MR) is 144 cm³/mol. The van der Waals surface area contributed by atoms with Crippen molar-refractivity contribution >= 4 is 0 Å². The Bertz CT molecular complexity index is 953. The lowest BCUT2D eigenvalue weighted by Crippen LogP contribution is -2.55. The van der Waals surface area contributed by atoms with E-state index in [1.165, 1.54) is 51.4 Å². The van der Waals surface area contributed by atoms with Gasteiger partial charge in [0.2, 0.25) is 0 Å². The third-order valence-electron chi connectivity index (χ3n) is 13.7. The maximum Gasteiger partial charge on any atom is 0.0787 e. The Morgan fingerprint density at radius 2 is 1.95 bits per heavy atom. The monoisotopic (exact) mass is 513 g/mol. The Morgan fingerprint density at radius 3 is 2.76 bits per heavy atom. The Hall–Kier alpha value is -0.460. The first-order valence-electron chi connectivity index (χ1n) is 15.7. The van der Waals surface area contributed by atoms with Gasteiger partial charge in [-0.15, -0.1) is 0 Å². The molecule has 5 nitrogen and oxygen atoms in total. The number of ether oxygens (including phenoxy) is 2. The van der Waals surface area contributed by atoms with Gasteiger partial charge in [-0.2, -0.15) is 0 Å². The zero-order valence-electron chi connectivity index (χ0n) is 23.8. The minimum absolute atomic E-state index is 0.0168. The van der Waals surface area contributed by atoms with Crippen LogP contribution in [0.5, 0.6) is 0 Å².